The second-order valence-electron chi connectivity index (χ2n) is 4.92. The first-order chi connectivity index (χ1) is 9.70. The Bertz CT molecular complexity index is 450. The zero-order chi connectivity index (χ0) is 14.4. The van der Waals surface area contributed by atoms with E-state index in [1.807, 2.05) is 0 Å². The third-order valence-electron chi connectivity index (χ3n) is 3.45. The lowest BCUT2D eigenvalue weighted by atomic mass is 9.94. The number of carbonyl (C=O) groups is 1. The molecule has 2 N–H and O–H groups in total. The van der Waals surface area contributed by atoms with Crippen LogP contribution in [-0.2, 0) is 16.0 Å². The van der Waals surface area contributed by atoms with Crippen molar-refractivity contribution < 1.29 is 9.53 Å². The predicted octanol–water partition coefficient (Wildman–Crippen LogP) is 2.52. The Morgan fingerprint density at radius 2 is 2.40 bits per heavy atom. The van der Waals surface area contributed by atoms with Crippen molar-refractivity contribution in [1.82, 2.24) is 10.6 Å². The fourth-order valence-corrected chi connectivity index (χ4v) is 3.86. The van der Waals surface area contributed by atoms with Gasteiger partial charge in [0, 0.05) is 37.5 Å². The minimum absolute atomic E-state index is 0.0638. The van der Waals surface area contributed by atoms with Crippen molar-refractivity contribution in [3.63, 3.8) is 0 Å². The zero-order valence-corrected chi connectivity index (χ0v) is 13.3. The van der Waals surface area contributed by atoms with Crippen LogP contribution >= 0.6 is 22.9 Å². The van der Waals surface area contributed by atoms with Crippen molar-refractivity contribution in [2.24, 2.45) is 0 Å². The maximum Gasteiger partial charge on any atom is 0.221 e. The van der Waals surface area contributed by atoms with E-state index >= 15 is 0 Å². The summed E-state index contributed by atoms with van der Waals surface area (Å²) in [5, 5.41) is 6.29. The Morgan fingerprint density at radius 1 is 1.55 bits per heavy atom. The number of aryl methyl sites for hydroxylation is 1. The standard InChI is InChI=1S/C14H21ClN2O2S/c1-19-8-7-17-14(18)5-6-16-11-3-2-4-12-10(11)9-13(15)20-12/h9,11,16H,2-8H2,1H3,(H,17,18). The first-order valence-corrected chi connectivity index (χ1v) is 8.17. The molecule has 0 fully saturated rings. The van der Waals surface area contributed by atoms with Gasteiger partial charge >= 0.3 is 0 Å². The highest BCUT2D eigenvalue weighted by Crippen LogP contribution is 2.37. The lowest BCUT2D eigenvalue weighted by Gasteiger charge is -2.23. The maximum atomic E-state index is 11.6. The Labute approximate surface area is 128 Å². The molecule has 1 aliphatic rings. The molecule has 1 aromatic rings. The average Bonchev–Trinajstić information content (AvgIpc) is 2.80. The van der Waals surface area contributed by atoms with Gasteiger partial charge in [0.1, 0.15) is 0 Å². The molecule has 1 aromatic heterocycles. The third-order valence-corrected chi connectivity index (χ3v) is 4.79. The summed E-state index contributed by atoms with van der Waals surface area (Å²) >= 11 is 7.77. The Kier molecular flexibility index (Phi) is 6.29. The minimum Gasteiger partial charge on any atom is -0.383 e. The number of thiophene rings is 1. The Hall–Kier alpha value is -0.620. The number of hydrogen-bond acceptors (Lipinski definition) is 4. The molecule has 0 bridgehead atoms. The summed E-state index contributed by atoms with van der Waals surface area (Å²) < 4.78 is 5.75. The molecule has 0 spiro atoms. The van der Waals surface area contributed by atoms with Crippen LogP contribution in [-0.4, -0.2) is 32.7 Å². The fraction of sp³-hybridized carbons (Fsp3) is 0.643. The number of nitrogens with one attached hydrogen (secondary N) is 2. The summed E-state index contributed by atoms with van der Waals surface area (Å²) in [7, 11) is 1.63. The van der Waals surface area contributed by atoms with E-state index in [4.69, 9.17) is 16.3 Å². The number of amides is 1. The molecule has 6 heteroatoms. The van der Waals surface area contributed by atoms with Crippen molar-refractivity contribution in [3.05, 3.63) is 20.8 Å². The van der Waals surface area contributed by atoms with E-state index in [9.17, 15) is 4.79 Å². The van der Waals surface area contributed by atoms with Crippen LogP contribution in [0.15, 0.2) is 6.07 Å². The number of ether oxygens (including phenoxy) is 1. The molecule has 0 aromatic carbocycles. The number of rotatable bonds is 7. The molecule has 20 heavy (non-hydrogen) atoms. The summed E-state index contributed by atoms with van der Waals surface area (Å²) in [5.74, 6) is 0.0638. The monoisotopic (exact) mass is 316 g/mol. The SMILES string of the molecule is COCCNC(=O)CCNC1CCCc2sc(Cl)cc21. The van der Waals surface area contributed by atoms with Gasteiger partial charge < -0.3 is 15.4 Å². The maximum absolute atomic E-state index is 11.6. The van der Waals surface area contributed by atoms with Gasteiger partial charge in [-0.05, 0) is 30.9 Å². The summed E-state index contributed by atoms with van der Waals surface area (Å²) in [6.45, 7) is 1.82. The molecule has 4 nitrogen and oxygen atoms in total. The largest absolute Gasteiger partial charge is 0.383 e. The van der Waals surface area contributed by atoms with Crippen LogP contribution in [0.1, 0.15) is 35.7 Å². The summed E-state index contributed by atoms with van der Waals surface area (Å²) in [4.78, 5) is 13.0. The molecule has 0 aliphatic heterocycles. The van der Waals surface area contributed by atoms with Gasteiger partial charge in [-0.3, -0.25) is 4.79 Å². The van der Waals surface area contributed by atoms with Gasteiger partial charge in [-0.25, -0.2) is 0 Å². The van der Waals surface area contributed by atoms with Gasteiger partial charge in [-0.1, -0.05) is 11.6 Å². The molecule has 0 saturated heterocycles. The molecular formula is C14H21ClN2O2S. The van der Waals surface area contributed by atoms with E-state index < -0.39 is 0 Å². The van der Waals surface area contributed by atoms with Gasteiger partial charge in [-0.2, -0.15) is 0 Å². The highest BCUT2D eigenvalue weighted by Gasteiger charge is 2.22. The average molecular weight is 317 g/mol. The van der Waals surface area contributed by atoms with Gasteiger partial charge in [0.25, 0.3) is 0 Å². The van der Waals surface area contributed by atoms with E-state index in [1.54, 1.807) is 18.4 Å². The van der Waals surface area contributed by atoms with Crippen molar-refractivity contribution in [3.8, 4) is 0 Å². The van der Waals surface area contributed by atoms with Gasteiger partial charge in [0.05, 0.1) is 10.9 Å². The normalized spacial score (nSPS) is 17.8. The molecule has 1 atom stereocenters. The van der Waals surface area contributed by atoms with E-state index in [0.29, 0.717) is 32.2 Å². The van der Waals surface area contributed by atoms with Crippen molar-refractivity contribution in [1.29, 1.82) is 0 Å². The molecule has 112 valence electrons. The molecule has 1 amide bonds. The molecule has 1 heterocycles. The number of halogens is 1. The second-order valence-corrected chi connectivity index (χ2v) is 6.69. The van der Waals surface area contributed by atoms with Crippen LogP contribution < -0.4 is 10.6 Å². The quantitative estimate of drug-likeness (QED) is 0.760. The predicted molar refractivity (Wildman–Crippen MR) is 82.5 cm³/mol. The molecule has 1 unspecified atom stereocenters. The number of carbonyl (C=O) groups excluding carboxylic acids is 1. The topological polar surface area (TPSA) is 50.4 Å². The molecule has 1 aliphatic carbocycles. The third kappa shape index (κ3) is 4.45. The summed E-state index contributed by atoms with van der Waals surface area (Å²) in [5.41, 5.74) is 1.33. The Balaban J connectivity index is 1.73. The molecule has 2 rings (SSSR count). The van der Waals surface area contributed by atoms with Crippen LogP contribution in [0.25, 0.3) is 0 Å². The van der Waals surface area contributed by atoms with E-state index in [-0.39, 0.29) is 5.91 Å². The summed E-state index contributed by atoms with van der Waals surface area (Å²) in [6, 6.07) is 2.41. The highest BCUT2D eigenvalue weighted by molar-refractivity contribution is 7.16. The first-order valence-electron chi connectivity index (χ1n) is 6.98. The summed E-state index contributed by atoms with van der Waals surface area (Å²) in [6.07, 6.45) is 3.92. The number of methoxy groups -OCH3 is 1. The second kappa shape index (κ2) is 7.98. The van der Waals surface area contributed by atoms with Crippen molar-refractivity contribution >= 4 is 28.8 Å². The van der Waals surface area contributed by atoms with Crippen LogP contribution in [0.3, 0.4) is 0 Å². The van der Waals surface area contributed by atoms with Gasteiger partial charge in [0.2, 0.25) is 5.91 Å². The molecule has 0 radical (unpaired) electrons. The number of hydrogen-bond donors (Lipinski definition) is 2. The van der Waals surface area contributed by atoms with Crippen molar-refractivity contribution in [2.75, 3.05) is 26.8 Å². The van der Waals surface area contributed by atoms with Crippen LogP contribution in [0.4, 0.5) is 0 Å². The lowest BCUT2D eigenvalue weighted by molar-refractivity contribution is -0.121. The molecular weight excluding hydrogens is 296 g/mol. The zero-order valence-electron chi connectivity index (χ0n) is 11.7. The minimum atomic E-state index is 0.0638. The van der Waals surface area contributed by atoms with E-state index in [0.717, 1.165) is 17.2 Å². The number of fused-ring (bicyclic) bond motifs is 1. The van der Waals surface area contributed by atoms with Crippen molar-refractivity contribution in [2.45, 2.75) is 31.7 Å². The smallest absolute Gasteiger partial charge is 0.221 e. The fourth-order valence-electron chi connectivity index (χ4n) is 2.47. The Morgan fingerprint density at radius 3 is 3.20 bits per heavy atom. The highest BCUT2D eigenvalue weighted by atomic mass is 35.5. The molecule has 0 saturated carbocycles. The first kappa shape index (κ1) is 15.8. The van der Waals surface area contributed by atoms with Crippen LogP contribution in [0, 0.1) is 0 Å². The van der Waals surface area contributed by atoms with Gasteiger partial charge in [-0.15, -0.1) is 11.3 Å². The van der Waals surface area contributed by atoms with Crippen LogP contribution in [0.2, 0.25) is 4.34 Å². The lowest BCUT2D eigenvalue weighted by Crippen LogP contribution is -2.32. The van der Waals surface area contributed by atoms with E-state index in [1.165, 1.54) is 16.9 Å². The van der Waals surface area contributed by atoms with Crippen LogP contribution in [0.5, 0.6) is 0 Å². The van der Waals surface area contributed by atoms with Gasteiger partial charge in [0.15, 0.2) is 0 Å². The van der Waals surface area contributed by atoms with E-state index in [2.05, 4.69) is 16.7 Å².